The number of halogens is 2. The van der Waals surface area contributed by atoms with Crippen molar-refractivity contribution < 1.29 is 0 Å². The lowest BCUT2D eigenvalue weighted by atomic mass is 10.1. The molecule has 3 N–H and O–H groups in total. The molecule has 4 heteroatoms. The van der Waals surface area contributed by atoms with E-state index < -0.39 is 0 Å². The molecular formula is C5H14Br2N2. The Hall–Kier alpha value is 0.880. The molecular weight excluding hydrogens is 248 g/mol. The molecule has 1 saturated heterocycles. The van der Waals surface area contributed by atoms with Crippen LogP contribution in [0.3, 0.4) is 0 Å². The van der Waals surface area contributed by atoms with Crippen molar-refractivity contribution in [1.82, 2.24) is 5.32 Å². The highest BCUT2D eigenvalue weighted by molar-refractivity contribution is 8.93. The van der Waals surface area contributed by atoms with E-state index in [1.165, 1.54) is 0 Å². The first-order chi connectivity index (χ1) is 3.39. The lowest BCUT2D eigenvalue weighted by molar-refractivity contribution is 0.458. The molecule has 0 aliphatic carbocycles. The quantitative estimate of drug-likeness (QED) is 0.679. The Balaban J connectivity index is 0. The van der Waals surface area contributed by atoms with Crippen molar-refractivity contribution in [2.24, 2.45) is 5.73 Å². The molecule has 0 radical (unpaired) electrons. The fraction of sp³-hybridized carbons (Fsp3) is 1.00. The minimum absolute atomic E-state index is 0. The topological polar surface area (TPSA) is 38.0 Å². The van der Waals surface area contributed by atoms with Gasteiger partial charge in [0, 0.05) is 6.04 Å². The maximum atomic E-state index is 5.59. The molecule has 1 aliphatic heterocycles. The van der Waals surface area contributed by atoms with Crippen molar-refractivity contribution in [3.05, 3.63) is 0 Å². The monoisotopic (exact) mass is 260 g/mol. The Morgan fingerprint density at radius 1 is 1.11 bits per heavy atom. The average molecular weight is 262 g/mol. The van der Waals surface area contributed by atoms with Crippen LogP contribution in [0, 0.1) is 0 Å². The largest absolute Gasteiger partial charge is 0.328 e. The van der Waals surface area contributed by atoms with Crippen molar-refractivity contribution >= 4 is 34.0 Å². The summed E-state index contributed by atoms with van der Waals surface area (Å²) in [6.45, 7) is 2.22. The van der Waals surface area contributed by atoms with E-state index >= 15 is 0 Å². The van der Waals surface area contributed by atoms with Crippen LogP contribution in [0.5, 0.6) is 0 Å². The summed E-state index contributed by atoms with van der Waals surface area (Å²) in [5, 5.41) is 3.24. The minimum Gasteiger partial charge on any atom is -0.328 e. The van der Waals surface area contributed by atoms with Gasteiger partial charge in [-0.2, -0.15) is 0 Å². The highest BCUT2D eigenvalue weighted by atomic mass is 79.9. The maximum absolute atomic E-state index is 5.59. The van der Waals surface area contributed by atoms with Crippen LogP contribution < -0.4 is 11.1 Å². The van der Waals surface area contributed by atoms with Gasteiger partial charge in [0.2, 0.25) is 0 Å². The van der Waals surface area contributed by atoms with Gasteiger partial charge >= 0.3 is 0 Å². The molecule has 0 aromatic rings. The zero-order valence-electron chi connectivity index (χ0n) is 5.30. The second kappa shape index (κ2) is 6.99. The fourth-order valence-electron chi connectivity index (χ4n) is 0.844. The predicted octanol–water partition coefficient (Wildman–Crippen LogP) is 0.853. The molecule has 0 unspecified atom stereocenters. The zero-order chi connectivity index (χ0) is 5.11. The second-order valence-electron chi connectivity index (χ2n) is 2.09. The Morgan fingerprint density at radius 3 is 1.78 bits per heavy atom. The van der Waals surface area contributed by atoms with Gasteiger partial charge in [-0.3, -0.25) is 0 Å². The molecule has 0 spiro atoms. The van der Waals surface area contributed by atoms with Crippen LogP contribution in [0.15, 0.2) is 0 Å². The average Bonchev–Trinajstić information content (AvgIpc) is 1.69. The van der Waals surface area contributed by atoms with Gasteiger partial charge in [-0.1, -0.05) is 0 Å². The van der Waals surface area contributed by atoms with E-state index in [0.29, 0.717) is 6.04 Å². The Labute approximate surface area is 77.1 Å². The number of nitrogens with one attached hydrogen (secondary N) is 1. The van der Waals surface area contributed by atoms with Gasteiger partial charge in [0.1, 0.15) is 0 Å². The fourth-order valence-corrected chi connectivity index (χ4v) is 0.844. The number of rotatable bonds is 0. The van der Waals surface area contributed by atoms with Crippen molar-refractivity contribution in [2.75, 3.05) is 13.1 Å². The third-order valence-electron chi connectivity index (χ3n) is 1.38. The molecule has 1 heterocycles. The molecule has 0 bridgehead atoms. The third-order valence-corrected chi connectivity index (χ3v) is 1.38. The molecule has 0 saturated carbocycles. The predicted molar refractivity (Wildman–Crippen MR) is 50.7 cm³/mol. The molecule has 1 aliphatic rings. The zero-order valence-corrected chi connectivity index (χ0v) is 8.73. The summed E-state index contributed by atoms with van der Waals surface area (Å²) in [5.41, 5.74) is 5.59. The number of hydrogen-bond donors (Lipinski definition) is 2. The summed E-state index contributed by atoms with van der Waals surface area (Å²) in [6.07, 6.45) is 2.31. The summed E-state index contributed by atoms with van der Waals surface area (Å²) < 4.78 is 0. The Morgan fingerprint density at radius 2 is 1.56 bits per heavy atom. The van der Waals surface area contributed by atoms with E-state index in [0.717, 1.165) is 25.9 Å². The first kappa shape index (κ1) is 12.5. The van der Waals surface area contributed by atoms with Gasteiger partial charge in [-0.25, -0.2) is 0 Å². The van der Waals surface area contributed by atoms with Gasteiger partial charge < -0.3 is 11.1 Å². The summed E-state index contributed by atoms with van der Waals surface area (Å²) >= 11 is 0. The first-order valence-electron chi connectivity index (χ1n) is 2.86. The van der Waals surface area contributed by atoms with E-state index in [2.05, 4.69) is 5.32 Å². The first-order valence-corrected chi connectivity index (χ1v) is 2.86. The van der Waals surface area contributed by atoms with Crippen molar-refractivity contribution in [3.8, 4) is 0 Å². The standard InChI is InChI=1S/C5H12N2.2BrH/c6-5-1-3-7-4-2-5;;/h5,7H,1-4,6H2;2*1H. The highest BCUT2D eigenvalue weighted by Gasteiger charge is 2.05. The smallest absolute Gasteiger partial charge is 0.00629 e. The Kier molecular flexibility index (Phi) is 9.75. The lowest BCUT2D eigenvalue weighted by Crippen LogP contribution is -2.35. The van der Waals surface area contributed by atoms with Crippen LogP contribution in [0.4, 0.5) is 0 Å². The molecule has 1 fully saturated rings. The maximum Gasteiger partial charge on any atom is 0.00629 e. The van der Waals surface area contributed by atoms with Crippen LogP contribution in [0.25, 0.3) is 0 Å². The van der Waals surface area contributed by atoms with Crippen LogP contribution in [0.1, 0.15) is 12.8 Å². The normalized spacial score (nSPS) is 19.7. The van der Waals surface area contributed by atoms with E-state index in [1.807, 2.05) is 0 Å². The second-order valence-corrected chi connectivity index (χ2v) is 2.09. The van der Waals surface area contributed by atoms with E-state index in [9.17, 15) is 0 Å². The molecule has 1 rings (SSSR count). The number of piperidine rings is 1. The summed E-state index contributed by atoms with van der Waals surface area (Å²) in [5.74, 6) is 0. The minimum atomic E-state index is 0. The van der Waals surface area contributed by atoms with Crippen molar-refractivity contribution in [3.63, 3.8) is 0 Å². The molecule has 0 aromatic carbocycles. The van der Waals surface area contributed by atoms with Gasteiger partial charge in [0.25, 0.3) is 0 Å². The van der Waals surface area contributed by atoms with Gasteiger partial charge in [0.05, 0.1) is 0 Å². The van der Waals surface area contributed by atoms with Crippen molar-refractivity contribution in [1.29, 1.82) is 0 Å². The summed E-state index contributed by atoms with van der Waals surface area (Å²) in [6, 6.07) is 0.473. The molecule has 58 valence electrons. The van der Waals surface area contributed by atoms with E-state index in [1.54, 1.807) is 0 Å². The molecule has 9 heavy (non-hydrogen) atoms. The Bertz CT molecular complexity index is 54.9. The molecule has 2 nitrogen and oxygen atoms in total. The SMILES string of the molecule is Br.Br.NC1CCNCC1. The summed E-state index contributed by atoms with van der Waals surface area (Å²) in [4.78, 5) is 0. The molecule has 0 atom stereocenters. The van der Waals surface area contributed by atoms with E-state index in [4.69, 9.17) is 5.73 Å². The number of nitrogens with two attached hydrogens (primary N) is 1. The molecule has 0 aromatic heterocycles. The van der Waals surface area contributed by atoms with Crippen molar-refractivity contribution in [2.45, 2.75) is 18.9 Å². The molecule has 0 amide bonds. The third kappa shape index (κ3) is 5.33. The summed E-state index contributed by atoms with van der Waals surface area (Å²) in [7, 11) is 0. The number of hydrogen-bond acceptors (Lipinski definition) is 2. The van der Waals surface area contributed by atoms with Gasteiger partial charge in [0.15, 0.2) is 0 Å². The van der Waals surface area contributed by atoms with Crippen LogP contribution in [-0.2, 0) is 0 Å². The van der Waals surface area contributed by atoms with Crippen LogP contribution >= 0.6 is 34.0 Å². The van der Waals surface area contributed by atoms with Crippen LogP contribution in [-0.4, -0.2) is 19.1 Å². The van der Waals surface area contributed by atoms with Crippen LogP contribution in [0.2, 0.25) is 0 Å². The lowest BCUT2D eigenvalue weighted by Gasteiger charge is -2.17. The van der Waals surface area contributed by atoms with Gasteiger partial charge in [-0.15, -0.1) is 34.0 Å². The van der Waals surface area contributed by atoms with Gasteiger partial charge in [-0.05, 0) is 25.9 Å². The van der Waals surface area contributed by atoms with E-state index in [-0.39, 0.29) is 34.0 Å². The highest BCUT2D eigenvalue weighted by Crippen LogP contribution is 1.96.